The summed E-state index contributed by atoms with van der Waals surface area (Å²) in [7, 11) is 2.00. The number of rotatable bonds is 6. The van der Waals surface area contributed by atoms with Crippen LogP contribution in [-0.4, -0.2) is 24.0 Å². The lowest BCUT2D eigenvalue weighted by Crippen LogP contribution is -2.36. The smallest absolute Gasteiger partial charge is 0.0444 e. The predicted octanol–water partition coefficient (Wildman–Crippen LogP) is 1.42. The van der Waals surface area contributed by atoms with Gasteiger partial charge in [-0.05, 0) is 26.7 Å². The first-order valence-electron chi connectivity index (χ1n) is 4.96. The fourth-order valence-electron chi connectivity index (χ4n) is 1.10. The lowest BCUT2D eigenvalue weighted by molar-refractivity contribution is 0.319. The summed E-state index contributed by atoms with van der Waals surface area (Å²) in [5.74, 6) is 0. The molecule has 0 aromatic heterocycles. The van der Waals surface area contributed by atoms with Crippen molar-refractivity contribution in [1.82, 2.24) is 4.90 Å². The summed E-state index contributed by atoms with van der Waals surface area (Å²) in [6.07, 6.45) is 1.57. The number of nitrogens with two attached hydrogens (primary N) is 2. The fourth-order valence-corrected chi connectivity index (χ4v) is 1.10. The Balaban J connectivity index is 4.05. The van der Waals surface area contributed by atoms with E-state index in [0.29, 0.717) is 11.7 Å². The minimum Gasteiger partial charge on any atom is -0.403 e. The van der Waals surface area contributed by atoms with Crippen molar-refractivity contribution in [3.63, 3.8) is 0 Å². The Morgan fingerprint density at radius 1 is 1.36 bits per heavy atom. The molecule has 3 heteroatoms. The van der Waals surface area contributed by atoms with Crippen LogP contribution in [0.5, 0.6) is 0 Å². The monoisotopic (exact) mass is 197 g/mol. The van der Waals surface area contributed by atoms with Crippen molar-refractivity contribution >= 4 is 0 Å². The van der Waals surface area contributed by atoms with Gasteiger partial charge in [0.25, 0.3) is 0 Å². The van der Waals surface area contributed by atoms with Crippen molar-refractivity contribution in [2.45, 2.75) is 38.8 Å². The van der Waals surface area contributed by atoms with E-state index >= 15 is 0 Å². The number of nitrogens with zero attached hydrogens (tertiary/aromatic N) is 1. The molecule has 0 aromatic rings. The number of likely N-dealkylation sites (N-methyl/N-ethyl adjacent to an activating group) is 1. The summed E-state index contributed by atoms with van der Waals surface area (Å²) >= 11 is 0. The van der Waals surface area contributed by atoms with Crippen molar-refractivity contribution in [3.05, 3.63) is 24.6 Å². The molecule has 0 aliphatic rings. The number of hydrogen-bond donors (Lipinski definition) is 2. The largest absolute Gasteiger partial charge is 0.403 e. The number of hydrogen-bond acceptors (Lipinski definition) is 3. The zero-order chi connectivity index (χ0) is 11.3. The van der Waals surface area contributed by atoms with Crippen molar-refractivity contribution in [1.29, 1.82) is 0 Å². The Labute approximate surface area is 87.4 Å². The van der Waals surface area contributed by atoms with Gasteiger partial charge in [0, 0.05) is 30.5 Å². The van der Waals surface area contributed by atoms with Gasteiger partial charge in [-0.1, -0.05) is 13.2 Å². The summed E-state index contributed by atoms with van der Waals surface area (Å²) in [4.78, 5) is 2.09. The van der Waals surface area contributed by atoms with Crippen molar-refractivity contribution in [3.8, 4) is 0 Å². The van der Waals surface area contributed by atoms with E-state index in [4.69, 9.17) is 11.5 Å². The lowest BCUT2D eigenvalue weighted by Gasteiger charge is -2.29. The maximum atomic E-state index is 5.97. The van der Waals surface area contributed by atoms with E-state index in [9.17, 15) is 0 Å². The summed E-state index contributed by atoms with van der Waals surface area (Å²) < 4.78 is 0. The van der Waals surface area contributed by atoms with E-state index in [1.165, 1.54) is 0 Å². The normalized spacial score (nSPS) is 12.6. The zero-order valence-corrected chi connectivity index (χ0v) is 9.59. The molecular formula is C11H23N3. The van der Waals surface area contributed by atoms with Gasteiger partial charge >= 0.3 is 0 Å². The third kappa shape index (κ3) is 4.33. The highest BCUT2D eigenvalue weighted by atomic mass is 15.1. The van der Waals surface area contributed by atoms with Crippen LogP contribution in [0.3, 0.4) is 0 Å². The van der Waals surface area contributed by atoms with E-state index in [2.05, 4.69) is 31.9 Å². The molecule has 1 unspecified atom stereocenters. The first-order chi connectivity index (χ1) is 6.36. The average molecular weight is 197 g/mol. The molecule has 0 radical (unpaired) electrons. The minimum absolute atomic E-state index is 0.0253. The molecule has 0 aliphatic carbocycles. The van der Waals surface area contributed by atoms with Gasteiger partial charge in [0.15, 0.2) is 0 Å². The molecule has 3 nitrogen and oxygen atoms in total. The second kappa shape index (κ2) is 5.70. The zero-order valence-electron chi connectivity index (χ0n) is 9.59. The molecule has 1 atom stereocenters. The molecule has 0 fully saturated rings. The van der Waals surface area contributed by atoms with Crippen molar-refractivity contribution in [2.75, 3.05) is 7.05 Å². The van der Waals surface area contributed by atoms with Crippen LogP contribution in [-0.2, 0) is 0 Å². The molecule has 0 heterocycles. The molecule has 0 saturated heterocycles. The SMILES string of the molecule is C=C(N)CCC(N)C(=C)N(C)C(C)C. The van der Waals surface area contributed by atoms with Crippen LogP contribution in [0.15, 0.2) is 24.6 Å². The van der Waals surface area contributed by atoms with Crippen LogP contribution in [0.1, 0.15) is 26.7 Å². The molecule has 0 amide bonds. The van der Waals surface area contributed by atoms with Gasteiger partial charge in [0.1, 0.15) is 0 Å². The molecule has 4 N–H and O–H groups in total. The van der Waals surface area contributed by atoms with Gasteiger partial charge in [0.05, 0.1) is 0 Å². The molecule has 82 valence electrons. The highest BCUT2D eigenvalue weighted by Crippen LogP contribution is 2.12. The third-order valence-corrected chi connectivity index (χ3v) is 2.43. The van der Waals surface area contributed by atoms with E-state index in [0.717, 1.165) is 18.5 Å². The van der Waals surface area contributed by atoms with Crippen LogP contribution in [0, 0.1) is 0 Å². The standard InChI is InChI=1S/C11H23N3/c1-8(2)14(5)10(4)11(13)7-6-9(3)12/h8,11H,3-4,6-7,12-13H2,1-2,5H3. The molecule has 0 saturated carbocycles. The van der Waals surface area contributed by atoms with Crippen molar-refractivity contribution < 1.29 is 0 Å². The number of allylic oxidation sites excluding steroid dienone is 1. The van der Waals surface area contributed by atoms with Gasteiger partial charge in [-0.25, -0.2) is 0 Å². The van der Waals surface area contributed by atoms with Crippen LogP contribution < -0.4 is 11.5 Å². The minimum atomic E-state index is -0.0253. The Kier molecular flexibility index (Phi) is 5.31. The van der Waals surface area contributed by atoms with E-state index in [1.807, 2.05) is 7.05 Å². The quantitative estimate of drug-likeness (QED) is 0.677. The first-order valence-corrected chi connectivity index (χ1v) is 4.96. The topological polar surface area (TPSA) is 55.3 Å². The third-order valence-electron chi connectivity index (χ3n) is 2.43. The molecular weight excluding hydrogens is 174 g/mol. The van der Waals surface area contributed by atoms with Crippen LogP contribution >= 0.6 is 0 Å². The molecule has 0 rings (SSSR count). The van der Waals surface area contributed by atoms with Gasteiger partial charge in [0.2, 0.25) is 0 Å². The van der Waals surface area contributed by atoms with E-state index in [1.54, 1.807) is 0 Å². The Hall–Kier alpha value is -0.960. The summed E-state index contributed by atoms with van der Waals surface area (Å²) in [6, 6.07) is 0.400. The second-order valence-corrected chi connectivity index (χ2v) is 4.00. The van der Waals surface area contributed by atoms with Gasteiger partial charge in [-0.15, -0.1) is 0 Å². The van der Waals surface area contributed by atoms with Crippen molar-refractivity contribution in [2.24, 2.45) is 11.5 Å². The van der Waals surface area contributed by atoms with E-state index in [-0.39, 0.29) is 6.04 Å². The van der Waals surface area contributed by atoms with Gasteiger partial charge in [-0.3, -0.25) is 0 Å². The Morgan fingerprint density at radius 3 is 2.21 bits per heavy atom. The predicted molar refractivity (Wildman–Crippen MR) is 62.6 cm³/mol. The molecule has 0 spiro atoms. The average Bonchev–Trinajstić information content (AvgIpc) is 2.11. The lowest BCUT2D eigenvalue weighted by atomic mass is 10.1. The Bertz CT molecular complexity index is 209. The highest BCUT2D eigenvalue weighted by molar-refractivity contribution is 5.04. The second-order valence-electron chi connectivity index (χ2n) is 4.00. The maximum Gasteiger partial charge on any atom is 0.0444 e. The summed E-state index contributed by atoms with van der Waals surface area (Å²) in [6.45, 7) is 11.9. The molecule has 14 heavy (non-hydrogen) atoms. The van der Waals surface area contributed by atoms with Gasteiger partial charge < -0.3 is 16.4 Å². The van der Waals surface area contributed by atoms with Gasteiger partial charge in [-0.2, -0.15) is 0 Å². The maximum absolute atomic E-state index is 5.97. The highest BCUT2D eigenvalue weighted by Gasteiger charge is 2.13. The molecule has 0 aliphatic heterocycles. The Morgan fingerprint density at radius 2 is 1.86 bits per heavy atom. The van der Waals surface area contributed by atoms with E-state index < -0.39 is 0 Å². The van der Waals surface area contributed by atoms with Crippen LogP contribution in [0.4, 0.5) is 0 Å². The molecule has 0 aromatic carbocycles. The van der Waals surface area contributed by atoms with Crippen LogP contribution in [0.2, 0.25) is 0 Å². The van der Waals surface area contributed by atoms with Crippen LogP contribution in [0.25, 0.3) is 0 Å². The first kappa shape index (κ1) is 13.0. The summed E-state index contributed by atoms with van der Waals surface area (Å²) in [5.41, 5.74) is 13.1. The molecule has 0 bridgehead atoms. The fraction of sp³-hybridized carbons (Fsp3) is 0.636. The summed E-state index contributed by atoms with van der Waals surface area (Å²) in [5, 5.41) is 0.